The highest BCUT2D eigenvalue weighted by molar-refractivity contribution is 7.47. The second-order valence-corrected chi connectivity index (χ2v) is 17.5. The van der Waals surface area contributed by atoms with Gasteiger partial charge in [0.15, 0.2) is 6.10 Å². The quantitative estimate of drug-likeness (QED) is 0.0189. The summed E-state index contributed by atoms with van der Waals surface area (Å²) in [6.07, 6.45) is 38.5. The third-order valence-corrected chi connectivity index (χ3v) is 11.5. The predicted octanol–water partition coefficient (Wildman–Crippen LogP) is 12.1. The molecule has 0 fully saturated rings. The lowest BCUT2D eigenvalue weighted by molar-refractivity contribution is -0.161. The monoisotopic (exact) mass is 878 g/mol. The van der Waals surface area contributed by atoms with Crippen molar-refractivity contribution in [3.63, 3.8) is 0 Å². The summed E-state index contributed by atoms with van der Waals surface area (Å²) >= 11 is 0. The van der Waals surface area contributed by atoms with Gasteiger partial charge in [-0.3, -0.25) is 18.6 Å². The van der Waals surface area contributed by atoms with Crippen LogP contribution < -0.4 is 5.73 Å². The van der Waals surface area contributed by atoms with Gasteiger partial charge in [-0.15, -0.1) is 0 Å². The standard InChI is InChI=1S/C49H84NO10P/c1-5-7-9-10-11-12-13-14-15-18-21-24-28-32-44(51)33-31-37-49(53)59-45(41-58-61(54,55)57-39-38-50)40-56-48(52)36-30-26-23-20-17-16-19-22-25-29-35-47-43(4)42(3)46(60-47)34-27-8-6-2/h11-12,14-15,21,24,28,32,44-45,51H,5-10,13,16-20,22-23,25-27,29-31,33-41,50H2,1-4H3,(H,54,55)/b12-11-,15-14-,24-21-,32-28+/t44-,45+/m0/s1. The number of phosphoric acid groups is 1. The molecule has 0 bridgehead atoms. The molecule has 0 aliphatic rings. The first-order valence-corrected chi connectivity index (χ1v) is 25.1. The average Bonchev–Trinajstić information content (AvgIpc) is 3.50. The van der Waals surface area contributed by atoms with E-state index in [0.29, 0.717) is 19.3 Å². The van der Waals surface area contributed by atoms with Crippen LogP contribution in [-0.4, -0.2) is 60.5 Å². The lowest BCUT2D eigenvalue weighted by atomic mass is 10.0. The Hall–Kier alpha value is -2.79. The maximum absolute atomic E-state index is 12.6. The second-order valence-electron chi connectivity index (χ2n) is 16.1. The van der Waals surface area contributed by atoms with E-state index in [2.05, 4.69) is 52.0 Å². The van der Waals surface area contributed by atoms with E-state index in [1.54, 1.807) is 12.2 Å². The van der Waals surface area contributed by atoms with Crippen LogP contribution in [0.4, 0.5) is 0 Å². The third-order valence-electron chi connectivity index (χ3n) is 10.5. The molecule has 0 amide bonds. The Bertz CT molecular complexity index is 1430. The number of rotatable bonds is 40. The van der Waals surface area contributed by atoms with E-state index in [4.69, 9.17) is 28.7 Å². The molecule has 4 N–H and O–H groups in total. The molecule has 0 radical (unpaired) electrons. The Labute approximate surface area is 369 Å². The Morgan fingerprint density at radius 2 is 1.25 bits per heavy atom. The van der Waals surface area contributed by atoms with Crippen LogP contribution in [0.1, 0.15) is 184 Å². The van der Waals surface area contributed by atoms with Crippen molar-refractivity contribution >= 4 is 19.8 Å². The second kappa shape index (κ2) is 37.7. The predicted molar refractivity (Wildman–Crippen MR) is 247 cm³/mol. The van der Waals surface area contributed by atoms with E-state index in [1.807, 2.05) is 12.2 Å². The molecule has 61 heavy (non-hydrogen) atoms. The van der Waals surface area contributed by atoms with Gasteiger partial charge >= 0.3 is 19.8 Å². The van der Waals surface area contributed by atoms with Crippen molar-refractivity contribution in [2.45, 2.75) is 200 Å². The number of ether oxygens (including phenoxy) is 2. The summed E-state index contributed by atoms with van der Waals surface area (Å²) in [5, 5.41) is 10.3. The maximum Gasteiger partial charge on any atom is 0.472 e. The summed E-state index contributed by atoms with van der Waals surface area (Å²) in [6, 6.07) is 0. The van der Waals surface area contributed by atoms with Crippen molar-refractivity contribution in [3.05, 3.63) is 71.3 Å². The molecule has 350 valence electrons. The largest absolute Gasteiger partial charge is 0.472 e. The number of carbonyl (C=O) groups is 2. The summed E-state index contributed by atoms with van der Waals surface area (Å²) in [5.74, 6) is 1.31. The smallest absolute Gasteiger partial charge is 0.466 e. The lowest BCUT2D eigenvalue weighted by Crippen LogP contribution is -2.29. The third kappa shape index (κ3) is 31.7. The highest BCUT2D eigenvalue weighted by atomic mass is 31.2. The maximum atomic E-state index is 12.6. The zero-order chi connectivity index (χ0) is 44.8. The van der Waals surface area contributed by atoms with Gasteiger partial charge in [0.25, 0.3) is 0 Å². The summed E-state index contributed by atoms with van der Waals surface area (Å²) in [7, 11) is -4.45. The van der Waals surface area contributed by atoms with Gasteiger partial charge in [-0.05, 0) is 82.8 Å². The van der Waals surface area contributed by atoms with Crippen molar-refractivity contribution in [1.82, 2.24) is 0 Å². The van der Waals surface area contributed by atoms with Crippen LogP contribution in [-0.2, 0) is 45.5 Å². The fourth-order valence-electron chi connectivity index (χ4n) is 6.68. The number of esters is 2. The van der Waals surface area contributed by atoms with Gasteiger partial charge in [-0.1, -0.05) is 140 Å². The number of allylic oxidation sites excluding steroid dienone is 7. The van der Waals surface area contributed by atoms with E-state index < -0.39 is 38.6 Å². The van der Waals surface area contributed by atoms with Crippen molar-refractivity contribution < 1.29 is 47.1 Å². The number of aryl methyl sites for hydroxylation is 2. The summed E-state index contributed by atoms with van der Waals surface area (Å²) < 4.78 is 39.0. The number of unbranched alkanes of at least 4 members (excludes halogenated alkanes) is 14. The fraction of sp³-hybridized carbons (Fsp3) is 0.714. The molecule has 0 aliphatic heterocycles. The number of phosphoric ester groups is 1. The molecule has 0 saturated carbocycles. The minimum absolute atomic E-state index is 0.00522. The molecular weight excluding hydrogens is 794 g/mol. The highest BCUT2D eigenvalue weighted by Crippen LogP contribution is 2.43. The topological polar surface area (TPSA) is 168 Å². The zero-order valence-electron chi connectivity index (χ0n) is 38.5. The molecular formula is C49H84NO10P. The van der Waals surface area contributed by atoms with Crippen LogP contribution >= 0.6 is 7.82 Å². The van der Waals surface area contributed by atoms with E-state index in [-0.39, 0.29) is 32.6 Å². The zero-order valence-corrected chi connectivity index (χ0v) is 39.4. The van der Waals surface area contributed by atoms with Gasteiger partial charge < -0.3 is 29.6 Å². The molecule has 3 atom stereocenters. The van der Waals surface area contributed by atoms with Crippen LogP contribution in [0, 0.1) is 13.8 Å². The molecule has 0 aromatic carbocycles. The Morgan fingerprint density at radius 1 is 0.689 bits per heavy atom. The van der Waals surface area contributed by atoms with E-state index in [9.17, 15) is 24.2 Å². The number of hydrogen-bond acceptors (Lipinski definition) is 10. The SMILES string of the molecule is CCCCC/C=C\C/C=C\C/C=C\C=C\[C@H](O)CCCC(=O)O[C@H](COC(=O)CCCCCCCCCCCCc1oc(CCCCC)c(C)c1C)COP(=O)(O)OCCN. The van der Waals surface area contributed by atoms with Gasteiger partial charge in [0.2, 0.25) is 0 Å². The van der Waals surface area contributed by atoms with Gasteiger partial charge in [0, 0.05) is 32.2 Å². The van der Waals surface area contributed by atoms with Gasteiger partial charge in [0.1, 0.15) is 18.1 Å². The van der Waals surface area contributed by atoms with E-state index >= 15 is 0 Å². The van der Waals surface area contributed by atoms with Crippen molar-refractivity contribution in [3.8, 4) is 0 Å². The van der Waals surface area contributed by atoms with Crippen LogP contribution in [0.25, 0.3) is 0 Å². The summed E-state index contributed by atoms with van der Waals surface area (Å²) in [6.45, 7) is 7.81. The number of carbonyl (C=O) groups excluding carboxylic acids is 2. The minimum atomic E-state index is -4.45. The summed E-state index contributed by atoms with van der Waals surface area (Å²) in [5.41, 5.74) is 8.02. The van der Waals surface area contributed by atoms with Crippen LogP contribution in [0.3, 0.4) is 0 Å². The molecule has 1 aromatic heterocycles. The van der Waals surface area contributed by atoms with Crippen molar-refractivity contribution in [2.24, 2.45) is 5.73 Å². The summed E-state index contributed by atoms with van der Waals surface area (Å²) in [4.78, 5) is 35.0. The number of aliphatic hydroxyl groups is 1. The Balaban J connectivity index is 2.29. The number of aliphatic hydroxyl groups excluding tert-OH is 1. The molecule has 1 aromatic rings. The highest BCUT2D eigenvalue weighted by Gasteiger charge is 2.26. The normalized spacial score (nSPS) is 14.1. The average molecular weight is 878 g/mol. The number of nitrogens with two attached hydrogens (primary N) is 1. The van der Waals surface area contributed by atoms with E-state index in [0.717, 1.165) is 51.4 Å². The molecule has 0 saturated heterocycles. The van der Waals surface area contributed by atoms with Crippen LogP contribution in [0.2, 0.25) is 0 Å². The number of hydrogen-bond donors (Lipinski definition) is 3. The molecule has 11 nitrogen and oxygen atoms in total. The molecule has 0 spiro atoms. The van der Waals surface area contributed by atoms with Gasteiger partial charge in [0.05, 0.1) is 19.3 Å². The first kappa shape index (κ1) is 56.2. The Morgan fingerprint density at radius 3 is 1.89 bits per heavy atom. The van der Waals surface area contributed by atoms with Gasteiger partial charge in [-0.2, -0.15) is 0 Å². The molecule has 1 rings (SSSR count). The first-order valence-electron chi connectivity index (χ1n) is 23.6. The fourth-order valence-corrected chi connectivity index (χ4v) is 7.45. The van der Waals surface area contributed by atoms with E-state index in [1.165, 1.54) is 99.7 Å². The van der Waals surface area contributed by atoms with Crippen molar-refractivity contribution in [2.75, 3.05) is 26.4 Å². The Kier molecular flexibility index (Phi) is 34.8. The molecule has 1 unspecified atom stereocenters. The molecule has 1 heterocycles. The van der Waals surface area contributed by atoms with Crippen LogP contribution in [0.5, 0.6) is 0 Å². The lowest BCUT2D eigenvalue weighted by Gasteiger charge is -2.20. The van der Waals surface area contributed by atoms with Crippen molar-refractivity contribution in [1.29, 1.82) is 0 Å². The molecule has 0 aliphatic carbocycles. The number of furan rings is 1. The van der Waals surface area contributed by atoms with Gasteiger partial charge in [-0.25, -0.2) is 4.57 Å². The first-order chi connectivity index (χ1) is 29.5. The minimum Gasteiger partial charge on any atom is -0.466 e. The molecule has 12 heteroatoms. The van der Waals surface area contributed by atoms with Crippen LogP contribution in [0.15, 0.2) is 53.0 Å².